The van der Waals surface area contributed by atoms with Crippen LogP contribution in [0.2, 0.25) is 0 Å². The van der Waals surface area contributed by atoms with Gasteiger partial charge in [0, 0.05) is 25.7 Å². The molecule has 0 saturated carbocycles. The van der Waals surface area contributed by atoms with E-state index >= 15 is 0 Å². The topological polar surface area (TPSA) is 163 Å². The first kappa shape index (κ1) is 23.4. The summed E-state index contributed by atoms with van der Waals surface area (Å²) < 4.78 is 18.5. The van der Waals surface area contributed by atoms with E-state index in [0.717, 1.165) is 4.90 Å². The number of hydrogen-bond acceptors (Lipinski definition) is 10. The van der Waals surface area contributed by atoms with Crippen LogP contribution in [0, 0.1) is 12.3 Å². The maximum atomic E-state index is 13.0. The van der Waals surface area contributed by atoms with Gasteiger partial charge in [-0.05, 0) is 27.2 Å². The number of fused-ring (bicyclic) bond motifs is 1. The number of nitrogens with one attached hydrogen (secondary N) is 1. The fourth-order valence-electron chi connectivity index (χ4n) is 3.08. The Hall–Kier alpha value is -2.25. The molecule has 2 amide bonds. The molecule has 166 valence electrons. The number of carbonyl (C=O) groups is 3. The summed E-state index contributed by atoms with van der Waals surface area (Å²) in [5, 5.41) is 23.0. The first-order valence-electron chi connectivity index (χ1n) is 8.65. The van der Waals surface area contributed by atoms with E-state index in [9.17, 15) is 24.0 Å². The van der Waals surface area contributed by atoms with Crippen LogP contribution in [-0.4, -0.2) is 93.8 Å². The van der Waals surface area contributed by atoms with Crippen LogP contribution in [0.15, 0.2) is 16.4 Å². The molecule has 2 N–H and O–H groups in total. The van der Waals surface area contributed by atoms with Crippen LogP contribution in [-0.2, 0) is 37.3 Å². The molecular formula is C16H18N6O6S3. The highest BCUT2D eigenvalue weighted by molar-refractivity contribution is 8.01. The van der Waals surface area contributed by atoms with Gasteiger partial charge >= 0.3 is 5.97 Å². The molecule has 3 rings (SSSR count). The molecule has 0 aliphatic carbocycles. The van der Waals surface area contributed by atoms with Gasteiger partial charge in [0.25, 0.3) is 17.5 Å². The average molecular weight is 487 g/mol. The SMILES string of the molecule is C#CC[S+]([O-])CC(=O)N[C@]1(OC)C(=O)N2C(C(=O)O)=C(CSc3nnnn3C)CS[C@@H]21. The number of rotatable bonds is 9. The standard InChI is InChI=1S/C16H18N6O6S3/c1-4-5-31(27)8-10(23)17-16(28-3)13(26)22-11(12(24)25)9(6-29-14(16)22)7-30-15-18-19-20-21(15)2/h1,14H,5-8H2,2-3H3,(H,17,23)(H,24,25)/t14-,16+,31?/m1/s1. The van der Waals surface area contributed by atoms with Gasteiger partial charge in [0.2, 0.25) is 5.16 Å². The number of hydrogen-bond donors (Lipinski definition) is 2. The molecule has 3 heterocycles. The van der Waals surface area contributed by atoms with Crippen LogP contribution in [0.3, 0.4) is 0 Å². The Labute approximate surface area is 188 Å². The molecule has 1 fully saturated rings. The maximum absolute atomic E-state index is 13.0. The van der Waals surface area contributed by atoms with E-state index in [1.54, 1.807) is 7.05 Å². The third kappa shape index (κ3) is 4.39. The zero-order valence-electron chi connectivity index (χ0n) is 16.4. The van der Waals surface area contributed by atoms with E-state index < -0.39 is 45.8 Å². The van der Waals surface area contributed by atoms with Crippen molar-refractivity contribution in [2.24, 2.45) is 7.05 Å². The van der Waals surface area contributed by atoms with Crippen LogP contribution in [0.25, 0.3) is 0 Å². The molecule has 2 aliphatic heterocycles. The van der Waals surface area contributed by atoms with Crippen molar-refractivity contribution in [1.82, 2.24) is 30.4 Å². The molecule has 12 nitrogen and oxygen atoms in total. The van der Waals surface area contributed by atoms with Crippen LogP contribution in [0.1, 0.15) is 0 Å². The predicted octanol–water partition coefficient (Wildman–Crippen LogP) is -1.60. The van der Waals surface area contributed by atoms with Crippen molar-refractivity contribution in [1.29, 1.82) is 0 Å². The number of carbonyl (C=O) groups excluding carboxylic acids is 2. The van der Waals surface area contributed by atoms with Crippen molar-refractivity contribution >= 4 is 52.5 Å². The number of β-lactam (4-membered cyclic amide) rings is 1. The summed E-state index contributed by atoms with van der Waals surface area (Å²) in [6, 6.07) is 0. The van der Waals surface area contributed by atoms with Gasteiger partial charge in [-0.3, -0.25) is 14.5 Å². The Balaban J connectivity index is 1.78. The maximum Gasteiger partial charge on any atom is 0.352 e. The number of carboxylic acid groups (broad SMARTS) is 1. The normalized spacial score (nSPS) is 23.6. The van der Waals surface area contributed by atoms with Crippen LogP contribution in [0.5, 0.6) is 0 Å². The van der Waals surface area contributed by atoms with Gasteiger partial charge < -0.3 is 19.7 Å². The number of methoxy groups -OCH3 is 1. The molecule has 1 saturated heterocycles. The van der Waals surface area contributed by atoms with Crippen LogP contribution in [0.4, 0.5) is 0 Å². The minimum atomic E-state index is -1.74. The highest BCUT2D eigenvalue weighted by Crippen LogP contribution is 2.47. The smallest absolute Gasteiger partial charge is 0.352 e. The monoisotopic (exact) mass is 486 g/mol. The molecule has 31 heavy (non-hydrogen) atoms. The lowest BCUT2D eigenvalue weighted by Gasteiger charge is -2.55. The number of amides is 2. The molecule has 0 spiro atoms. The van der Waals surface area contributed by atoms with Crippen molar-refractivity contribution < 1.29 is 28.8 Å². The third-order valence-electron chi connectivity index (χ3n) is 4.45. The number of nitrogens with zero attached hydrogens (tertiary/aromatic N) is 5. The van der Waals surface area contributed by atoms with Crippen molar-refractivity contribution in [3.05, 3.63) is 11.3 Å². The minimum absolute atomic E-state index is 0.0976. The van der Waals surface area contributed by atoms with E-state index in [2.05, 4.69) is 26.8 Å². The first-order valence-corrected chi connectivity index (χ1v) is 12.2. The van der Waals surface area contributed by atoms with Crippen LogP contribution >= 0.6 is 23.5 Å². The third-order valence-corrected chi connectivity index (χ3v) is 8.00. The zero-order chi connectivity index (χ0) is 22.8. The summed E-state index contributed by atoms with van der Waals surface area (Å²) in [5.41, 5.74) is -1.38. The largest absolute Gasteiger partial charge is 0.615 e. The molecule has 0 bridgehead atoms. The van der Waals surface area contributed by atoms with Gasteiger partial charge in [0.1, 0.15) is 11.1 Å². The molecule has 2 aliphatic rings. The van der Waals surface area contributed by atoms with Gasteiger partial charge in [-0.1, -0.05) is 17.7 Å². The zero-order valence-corrected chi connectivity index (χ0v) is 18.9. The number of ether oxygens (including phenoxy) is 1. The number of terminal acetylenes is 1. The van der Waals surface area contributed by atoms with E-state index in [0.29, 0.717) is 16.5 Å². The van der Waals surface area contributed by atoms with E-state index in [1.807, 2.05) is 0 Å². The molecule has 1 aromatic heterocycles. The Morgan fingerprint density at radius 2 is 2.32 bits per heavy atom. The molecular weight excluding hydrogens is 468 g/mol. The Bertz CT molecular complexity index is 977. The quantitative estimate of drug-likeness (QED) is 0.136. The van der Waals surface area contributed by atoms with Gasteiger partial charge in [0.05, 0.1) is 0 Å². The highest BCUT2D eigenvalue weighted by Gasteiger charge is 2.66. The van der Waals surface area contributed by atoms with E-state index in [4.69, 9.17) is 11.2 Å². The number of aliphatic carboxylic acids is 1. The van der Waals surface area contributed by atoms with Gasteiger partial charge in [-0.15, -0.1) is 23.3 Å². The van der Waals surface area contributed by atoms with Gasteiger partial charge in [-0.2, -0.15) is 0 Å². The van der Waals surface area contributed by atoms with E-state index in [-0.39, 0.29) is 17.2 Å². The molecule has 1 unspecified atom stereocenters. The molecule has 15 heteroatoms. The first-order chi connectivity index (χ1) is 14.7. The molecule has 1 aromatic rings. The van der Waals surface area contributed by atoms with Crippen molar-refractivity contribution in [2.75, 3.05) is 30.1 Å². The second-order valence-electron chi connectivity index (χ2n) is 6.39. The fraction of sp³-hybridized carbons (Fsp3) is 0.500. The van der Waals surface area contributed by atoms with Crippen molar-refractivity contribution in [2.45, 2.75) is 16.3 Å². The Morgan fingerprint density at radius 1 is 1.58 bits per heavy atom. The molecule has 0 radical (unpaired) electrons. The molecule has 3 atom stereocenters. The Morgan fingerprint density at radius 3 is 2.90 bits per heavy atom. The number of carboxylic acids is 1. The predicted molar refractivity (Wildman–Crippen MR) is 112 cm³/mol. The summed E-state index contributed by atoms with van der Waals surface area (Å²) in [5.74, 6) is -0.404. The lowest BCUT2D eigenvalue weighted by Crippen LogP contribution is -2.81. The Kier molecular flexibility index (Phi) is 7.17. The fourth-order valence-corrected chi connectivity index (χ4v) is 6.16. The van der Waals surface area contributed by atoms with Crippen LogP contribution < -0.4 is 5.32 Å². The number of aromatic nitrogens is 4. The highest BCUT2D eigenvalue weighted by atomic mass is 32.2. The number of thioether (sulfide) groups is 2. The van der Waals surface area contributed by atoms with E-state index in [1.165, 1.54) is 35.3 Å². The van der Waals surface area contributed by atoms with Crippen molar-refractivity contribution in [3.8, 4) is 12.3 Å². The van der Waals surface area contributed by atoms with Crippen molar-refractivity contribution in [3.63, 3.8) is 0 Å². The number of aryl methyl sites for hydroxylation is 1. The van der Waals surface area contributed by atoms with Gasteiger partial charge in [0.15, 0.2) is 11.5 Å². The summed E-state index contributed by atoms with van der Waals surface area (Å²) in [6.45, 7) is 0. The minimum Gasteiger partial charge on any atom is -0.615 e. The number of tetrazole rings is 1. The summed E-state index contributed by atoms with van der Waals surface area (Å²) >= 11 is 0.910. The summed E-state index contributed by atoms with van der Waals surface area (Å²) in [4.78, 5) is 38.3. The summed E-state index contributed by atoms with van der Waals surface area (Å²) in [6.07, 6.45) is 5.09. The molecule has 0 aromatic carbocycles. The second-order valence-corrected chi connectivity index (χ2v) is 9.86. The lowest BCUT2D eigenvalue weighted by atomic mass is 9.98. The lowest BCUT2D eigenvalue weighted by molar-refractivity contribution is -0.192. The second kappa shape index (κ2) is 9.49. The summed E-state index contributed by atoms with van der Waals surface area (Å²) in [7, 11) is 2.90. The van der Waals surface area contributed by atoms with Gasteiger partial charge in [-0.25, -0.2) is 9.48 Å². The average Bonchev–Trinajstić information content (AvgIpc) is 3.14.